The van der Waals surface area contributed by atoms with Gasteiger partial charge in [0.05, 0.1) is 13.7 Å². The summed E-state index contributed by atoms with van der Waals surface area (Å²) in [6.45, 7) is 2.90. The van der Waals surface area contributed by atoms with E-state index in [1.54, 1.807) is 18.2 Å². The van der Waals surface area contributed by atoms with Crippen LogP contribution in [0.15, 0.2) is 42.5 Å². The summed E-state index contributed by atoms with van der Waals surface area (Å²) in [6.07, 6.45) is 0. The maximum atomic E-state index is 9.55. The van der Waals surface area contributed by atoms with E-state index in [2.05, 4.69) is 0 Å². The lowest BCUT2D eigenvalue weighted by molar-refractivity contribution is 0.268. The van der Waals surface area contributed by atoms with Gasteiger partial charge in [0.2, 0.25) is 0 Å². The van der Waals surface area contributed by atoms with Crippen molar-refractivity contribution in [1.82, 2.24) is 0 Å². The number of phenols is 1. The monoisotopic (exact) mass is 274 g/mol. The Labute approximate surface area is 118 Å². The first-order valence-electron chi connectivity index (χ1n) is 6.45. The van der Waals surface area contributed by atoms with E-state index < -0.39 is 0 Å². The first kappa shape index (κ1) is 14.1. The van der Waals surface area contributed by atoms with Gasteiger partial charge in [0.1, 0.15) is 6.61 Å². The quantitative estimate of drug-likeness (QED) is 0.877. The number of methoxy groups -OCH3 is 1. The molecule has 2 aromatic rings. The summed E-state index contributed by atoms with van der Waals surface area (Å²) in [5.74, 6) is 1.97. The van der Waals surface area contributed by atoms with E-state index in [4.69, 9.17) is 14.2 Å². The number of phenolic OH excluding ortho intramolecular Hbond substituents is 1. The molecule has 0 atom stereocenters. The van der Waals surface area contributed by atoms with Crippen LogP contribution in [0.25, 0.3) is 0 Å². The van der Waals surface area contributed by atoms with Crippen molar-refractivity contribution >= 4 is 0 Å². The molecule has 106 valence electrons. The van der Waals surface area contributed by atoms with Crippen molar-refractivity contribution in [3.63, 3.8) is 0 Å². The standard InChI is InChI=1S/C16H18O4/c1-3-19-14-6-4-5-7-15(14)20-11-12-8-9-13(17)16(10-12)18-2/h4-10,17H,3,11H2,1-2H3. The Morgan fingerprint density at radius 3 is 2.30 bits per heavy atom. The van der Waals surface area contributed by atoms with Crippen LogP contribution in [0.4, 0.5) is 0 Å². The Morgan fingerprint density at radius 2 is 1.65 bits per heavy atom. The van der Waals surface area contributed by atoms with E-state index in [0.29, 0.717) is 24.7 Å². The third kappa shape index (κ3) is 3.35. The molecule has 20 heavy (non-hydrogen) atoms. The van der Waals surface area contributed by atoms with E-state index in [1.807, 2.05) is 31.2 Å². The topological polar surface area (TPSA) is 47.9 Å². The number of hydrogen-bond acceptors (Lipinski definition) is 4. The fourth-order valence-corrected chi connectivity index (χ4v) is 1.82. The molecule has 0 spiro atoms. The molecule has 2 aromatic carbocycles. The average molecular weight is 274 g/mol. The van der Waals surface area contributed by atoms with Crippen LogP contribution >= 0.6 is 0 Å². The molecule has 0 fully saturated rings. The van der Waals surface area contributed by atoms with Crippen LogP contribution in [-0.4, -0.2) is 18.8 Å². The summed E-state index contributed by atoms with van der Waals surface area (Å²) < 4.78 is 16.3. The maximum absolute atomic E-state index is 9.55. The molecule has 0 unspecified atom stereocenters. The third-order valence-corrected chi connectivity index (χ3v) is 2.79. The zero-order valence-corrected chi connectivity index (χ0v) is 11.6. The van der Waals surface area contributed by atoms with E-state index in [-0.39, 0.29) is 5.75 Å². The van der Waals surface area contributed by atoms with Gasteiger partial charge in [-0.2, -0.15) is 0 Å². The molecule has 0 radical (unpaired) electrons. The predicted molar refractivity (Wildman–Crippen MR) is 76.6 cm³/mol. The van der Waals surface area contributed by atoms with E-state index >= 15 is 0 Å². The van der Waals surface area contributed by atoms with Gasteiger partial charge in [0.25, 0.3) is 0 Å². The summed E-state index contributed by atoms with van der Waals surface area (Å²) >= 11 is 0. The third-order valence-electron chi connectivity index (χ3n) is 2.79. The molecule has 0 aliphatic heterocycles. The normalized spacial score (nSPS) is 10.1. The van der Waals surface area contributed by atoms with Crippen LogP contribution in [0.2, 0.25) is 0 Å². The van der Waals surface area contributed by atoms with Crippen molar-refractivity contribution in [2.24, 2.45) is 0 Å². The highest BCUT2D eigenvalue weighted by molar-refractivity contribution is 5.42. The van der Waals surface area contributed by atoms with Gasteiger partial charge in [0.15, 0.2) is 23.0 Å². The Hall–Kier alpha value is -2.36. The van der Waals surface area contributed by atoms with E-state index in [1.165, 1.54) is 7.11 Å². The van der Waals surface area contributed by atoms with Crippen LogP contribution in [0, 0.1) is 0 Å². The molecule has 0 saturated heterocycles. The lowest BCUT2D eigenvalue weighted by atomic mass is 10.2. The summed E-state index contributed by atoms with van der Waals surface area (Å²) in [6, 6.07) is 12.7. The maximum Gasteiger partial charge on any atom is 0.161 e. The summed E-state index contributed by atoms with van der Waals surface area (Å²) in [5.41, 5.74) is 0.908. The van der Waals surface area contributed by atoms with Gasteiger partial charge in [-0.05, 0) is 36.8 Å². The summed E-state index contributed by atoms with van der Waals surface area (Å²) in [5, 5.41) is 9.55. The minimum atomic E-state index is 0.117. The smallest absolute Gasteiger partial charge is 0.161 e. The highest BCUT2D eigenvalue weighted by atomic mass is 16.5. The van der Waals surface area contributed by atoms with Crippen LogP contribution in [-0.2, 0) is 6.61 Å². The van der Waals surface area contributed by atoms with Crippen molar-refractivity contribution in [1.29, 1.82) is 0 Å². The highest BCUT2D eigenvalue weighted by Crippen LogP contribution is 2.29. The minimum absolute atomic E-state index is 0.117. The van der Waals surface area contributed by atoms with Gasteiger partial charge >= 0.3 is 0 Å². The summed E-state index contributed by atoms with van der Waals surface area (Å²) in [7, 11) is 1.52. The van der Waals surface area contributed by atoms with Crippen molar-refractivity contribution in [3.05, 3.63) is 48.0 Å². The second-order valence-corrected chi connectivity index (χ2v) is 4.17. The second kappa shape index (κ2) is 6.70. The molecule has 4 heteroatoms. The number of ether oxygens (including phenoxy) is 3. The van der Waals surface area contributed by atoms with Crippen LogP contribution in [0.5, 0.6) is 23.0 Å². The SMILES string of the molecule is CCOc1ccccc1OCc1ccc(O)c(OC)c1. The zero-order chi connectivity index (χ0) is 14.4. The lowest BCUT2D eigenvalue weighted by Crippen LogP contribution is -1.99. The van der Waals surface area contributed by atoms with Crippen molar-refractivity contribution < 1.29 is 19.3 Å². The highest BCUT2D eigenvalue weighted by Gasteiger charge is 2.06. The second-order valence-electron chi connectivity index (χ2n) is 4.17. The fourth-order valence-electron chi connectivity index (χ4n) is 1.82. The molecule has 1 N–H and O–H groups in total. The van der Waals surface area contributed by atoms with Gasteiger partial charge in [-0.25, -0.2) is 0 Å². The predicted octanol–water partition coefficient (Wildman–Crippen LogP) is 3.38. The number of para-hydroxylation sites is 2. The van der Waals surface area contributed by atoms with E-state index in [0.717, 1.165) is 11.3 Å². The Kier molecular flexibility index (Phi) is 4.71. The molecule has 2 rings (SSSR count). The van der Waals surface area contributed by atoms with Gasteiger partial charge in [-0.15, -0.1) is 0 Å². The zero-order valence-electron chi connectivity index (χ0n) is 11.6. The van der Waals surface area contributed by atoms with Gasteiger partial charge < -0.3 is 19.3 Å². The Balaban J connectivity index is 2.09. The molecule has 4 nitrogen and oxygen atoms in total. The number of benzene rings is 2. The van der Waals surface area contributed by atoms with Crippen molar-refractivity contribution in [3.8, 4) is 23.0 Å². The Morgan fingerprint density at radius 1 is 0.950 bits per heavy atom. The lowest BCUT2D eigenvalue weighted by Gasteiger charge is -2.12. The molecular weight excluding hydrogens is 256 g/mol. The molecule has 0 bridgehead atoms. The number of hydrogen-bond donors (Lipinski definition) is 1. The largest absolute Gasteiger partial charge is 0.504 e. The summed E-state index contributed by atoms with van der Waals surface area (Å²) in [4.78, 5) is 0. The molecule has 0 aliphatic carbocycles. The first-order valence-corrected chi connectivity index (χ1v) is 6.45. The van der Waals surface area contributed by atoms with Gasteiger partial charge in [-0.1, -0.05) is 18.2 Å². The average Bonchev–Trinajstić information content (AvgIpc) is 2.48. The number of rotatable bonds is 6. The van der Waals surface area contributed by atoms with Crippen LogP contribution in [0.1, 0.15) is 12.5 Å². The van der Waals surface area contributed by atoms with Crippen LogP contribution in [0.3, 0.4) is 0 Å². The minimum Gasteiger partial charge on any atom is -0.504 e. The molecule has 0 saturated carbocycles. The molecule has 0 amide bonds. The first-order chi connectivity index (χ1) is 9.74. The molecule has 0 heterocycles. The molecule has 0 aliphatic rings. The van der Waals surface area contributed by atoms with E-state index in [9.17, 15) is 5.11 Å². The van der Waals surface area contributed by atoms with Crippen molar-refractivity contribution in [2.45, 2.75) is 13.5 Å². The van der Waals surface area contributed by atoms with Crippen LogP contribution < -0.4 is 14.2 Å². The Bertz CT molecular complexity index is 566. The van der Waals surface area contributed by atoms with Crippen molar-refractivity contribution in [2.75, 3.05) is 13.7 Å². The molecule has 0 aromatic heterocycles. The van der Waals surface area contributed by atoms with Gasteiger partial charge in [0, 0.05) is 0 Å². The molecular formula is C16H18O4. The fraction of sp³-hybridized carbons (Fsp3) is 0.250. The van der Waals surface area contributed by atoms with Gasteiger partial charge in [-0.3, -0.25) is 0 Å². The number of aromatic hydroxyl groups is 1.